The van der Waals surface area contributed by atoms with Crippen LogP contribution >= 0.6 is 11.8 Å². The van der Waals surface area contributed by atoms with Crippen LogP contribution < -0.4 is 53.6 Å². The molecular formula is C97H120F2N16O21S. The molecule has 734 valence electrons. The van der Waals surface area contributed by atoms with Crippen molar-refractivity contribution in [2.24, 2.45) is 17.6 Å². The van der Waals surface area contributed by atoms with Gasteiger partial charge in [-0.05, 0) is 101 Å². The van der Waals surface area contributed by atoms with Crippen molar-refractivity contribution >= 4 is 117 Å². The molecule has 3 aliphatic rings. The van der Waals surface area contributed by atoms with E-state index in [2.05, 4.69) is 52.8 Å². The first-order chi connectivity index (χ1) is 65.1. The topological polar surface area (TPSA) is 541 Å². The molecule has 6 aromatic carbocycles. The van der Waals surface area contributed by atoms with Gasteiger partial charge in [0.1, 0.15) is 90.0 Å². The number of aromatic amines is 1. The number of hydrogen-bond acceptors (Lipinski definition) is 21. The van der Waals surface area contributed by atoms with Crippen LogP contribution in [0.2, 0.25) is 0 Å². The van der Waals surface area contributed by atoms with Gasteiger partial charge in [-0.15, -0.1) is 11.8 Å². The highest BCUT2D eigenvalue weighted by Crippen LogP contribution is 2.29. The fourth-order valence-electron chi connectivity index (χ4n) is 17.0. The van der Waals surface area contributed by atoms with E-state index in [0.29, 0.717) is 56.9 Å². The van der Waals surface area contributed by atoms with Crippen LogP contribution in [-0.2, 0) is 115 Å². The third-order valence-corrected chi connectivity index (χ3v) is 25.4. The van der Waals surface area contributed by atoms with Crippen molar-refractivity contribution in [3.8, 4) is 11.5 Å². The maximum absolute atomic E-state index is 15.8. The van der Waals surface area contributed by atoms with E-state index >= 15 is 52.3 Å². The Morgan fingerprint density at radius 2 is 0.964 bits per heavy atom. The van der Waals surface area contributed by atoms with Crippen molar-refractivity contribution in [2.75, 3.05) is 52.3 Å². The summed E-state index contributed by atoms with van der Waals surface area (Å²) in [7, 11) is 3.74. The second kappa shape index (κ2) is 49.0. The van der Waals surface area contributed by atoms with Gasteiger partial charge >= 0.3 is 5.97 Å². The number of nitrogens with zero attached hydrogens (tertiary/aromatic N) is 5. The summed E-state index contributed by atoms with van der Waals surface area (Å²) in [5.41, 5.74) is 8.11. The maximum atomic E-state index is 15.8. The molecule has 0 bridgehead atoms. The third kappa shape index (κ3) is 29.1. The molecule has 0 unspecified atom stereocenters. The Balaban J connectivity index is 1.07. The van der Waals surface area contributed by atoms with Crippen LogP contribution in [-0.4, -0.2) is 293 Å². The van der Waals surface area contributed by atoms with Crippen molar-refractivity contribution < 1.29 is 111 Å². The van der Waals surface area contributed by atoms with Crippen LogP contribution in [0, 0.1) is 23.5 Å². The first kappa shape index (κ1) is 105. The Labute approximate surface area is 794 Å². The molecule has 7 aromatic rings. The predicted molar refractivity (Wildman–Crippen MR) is 499 cm³/mol. The number of rotatable bonds is 23. The minimum atomic E-state index is -2.04. The highest BCUT2D eigenvalue weighted by Gasteiger charge is 2.48. The number of fused-ring (bicyclic) bond motifs is 3. The number of primary amides is 1. The number of halogens is 2. The minimum absolute atomic E-state index is 0.0292. The van der Waals surface area contributed by atoms with Gasteiger partial charge in [0.05, 0.1) is 30.9 Å². The number of nitrogens with one attached hydrogen (secondary N) is 10. The summed E-state index contributed by atoms with van der Waals surface area (Å²) in [6, 6.07) is 15.6. The number of para-hydroxylation sites is 1. The fraction of sp³-hybridized carbons (Fsp3) is 0.443. The van der Waals surface area contributed by atoms with Crippen molar-refractivity contribution in [1.29, 1.82) is 0 Å². The lowest BCUT2D eigenvalue weighted by Crippen LogP contribution is -2.62. The molecule has 17 N–H and O–H groups in total. The number of aromatic hydroxyl groups is 2. The first-order valence-electron chi connectivity index (χ1n) is 45.3. The number of nitrogens with two attached hydrogens (primary N) is 1. The van der Waals surface area contributed by atoms with Crippen molar-refractivity contribution in [3.05, 3.63) is 203 Å². The van der Waals surface area contributed by atoms with Crippen molar-refractivity contribution in [1.82, 2.24) is 77.3 Å². The number of unbranched alkanes of at least 4 members (excludes halogenated alkanes) is 1. The highest BCUT2D eigenvalue weighted by molar-refractivity contribution is 8.00. The lowest BCUT2D eigenvalue weighted by atomic mass is 9.98. The molecule has 15 atom stereocenters. The molecule has 0 radical (unpaired) electrons. The van der Waals surface area contributed by atoms with Gasteiger partial charge in [0.2, 0.25) is 88.6 Å². The van der Waals surface area contributed by atoms with E-state index in [9.17, 15) is 58.7 Å². The number of benzene rings is 6. The van der Waals surface area contributed by atoms with Crippen LogP contribution in [0.5, 0.6) is 11.5 Å². The van der Waals surface area contributed by atoms with E-state index in [-0.39, 0.29) is 68.4 Å². The number of aliphatic hydroxyl groups is 2. The van der Waals surface area contributed by atoms with Gasteiger partial charge in [0.25, 0.3) is 0 Å². The lowest BCUT2D eigenvalue weighted by Gasteiger charge is -2.38. The van der Waals surface area contributed by atoms with Crippen LogP contribution in [0.25, 0.3) is 10.9 Å². The number of hydrogen-bond donors (Lipinski definition) is 16. The number of carboxylic acids is 1. The quantitative estimate of drug-likeness (QED) is 0.0432. The molecule has 0 spiro atoms. The summed E-state index contributed by atoms with van der Waals surface area (Å²) in [6.45, 7) is 6.40. The van der Waals surface area contributed by atoms with E-state index < -0.39 is 266 Å². The summed E-state index contributed by atoms with van der Waals surface area (Å²) in [5.74, 6) is -22.2. The molecule has 10 rings (SSSR count). The second-order valence-corrected chi connectivity index (χ2v) is 36.6. The smallest absolute Gasteiger partial charge is 0.305 e. The first-order valence-corrected chi connectivity index (χ1v) is 46.5. The van der Waals surface area contributed by atoms with Gasteiger partial charge < -0.3 is 109 Å². The average molecular weight is 1920 g/mol. The molecule has 1 aromatic heterocycles. The maximum Gasteiger partial charge on any atom is 0.305 e. The molecular weight excluding hydrogens is 1800 g/mol. The number of phenolic OH excluding ortho intramolecular Hbond substituents is 2. The number of amides is 15. The Hall–Kier alpha value is -13.9. The van der Waals surface area contributed by atoms with E-state index in [0.717, 1.165) is 42.7 Å². The molecule has 37 nitrogen and oxygen atoms in total. The second-order valence-electron chi connectivity index (χ2n) is 35.6. The largest absolute Gasteiger partial charge is 0.508 e. The normalized spacial score (nSPS) is 24.3. The number of H-pyrrole nitrogens is 1. The van der Waals surface area contributed by atoms with E-state index in [1.54, 1.807) is 112 Å². The summed E-state index contributed by atoms with van der Waals surface area (Å²) >= 11 is 0.707. The summed E-state index contributed by atoms with van der Waals surface area (Å²) in [4.78, 5) is 247. The molecule has 0 aliphatic carbocycles. The number of carbonyl (C=O) groups excluding carboxylic acids is 15. The molecule has 3 saturated heterocycles. The van der Waals surface area contributed by atoms with Crippen LogP contribution in [0.3, 0.4) is 0 Å². The number of carboxylic acid groups (broad SMARTS) is 1. The molecule has 15 amide bonds. The zero-order valence-corrected chi connectivity index (χ0v) is 78.1. The lowest BCUT2D eigenvalue weighted by molar-refractivity contribution is -0.152. The Morgan fingerprint density at radius 1 is 0.489 bits per heavy atom. The number of thioether (sulfide) groups is 1. The average Bonchev–Trinajstić information content (AvgIpc) is 1.72. The molecule has 3 fully saturated rings. The Kier molecular flexibility index (Phi) is 37.6. The van der Waals surface area contributed by atoms with Gasteiger partial charge in [0.15, 0.2) is 11.6 Å². The zero-order chi connectivity index (χ0) is 99.8. The Morgan fingerprint density at radius 3 is 1.53 bits per heavy atom. The van der Waals surface area contributed by atoms with E-state index in [4.69, 9.17) is 5.73 Å². The summed E-state index contributed by atoms with van der Waals surface area (Å²) in [6.07, 6.45) is -5.16. The van der Waals surface area contributed by atoms with Gasteiger partial charge in [-0.2, -0.15) is 0 Å². The monoisotopic (exact) mass is 1910 g/mol. The van der Waals surface area contributed by atoms with Crippen LogP contribution in [0.1, 0.15) is 113 Å². The number of phenols is 2. The predicted octanol–water partition coefficient (Wildman–Crippen LogP) is 1.61. The molecule has 137 heavy (non-hydrogen) atoms. The molecule has 0 saturated carbocycles. The van der Waals surface area contributed by atoms with Crippen LogP contribution in [0.4, 0.5) is 8.78 Å². The van der Waals surface area contributed by atoms with Gasteiger partial charge in [0, 0.05) is 108 Å². The SMILES string of the molecule is CCCC[C@H]1C(=O)N2C[C@@H](O)C[C@@H]2C(=O)N[C@@H](CC(=O)O)C(=O)N[C@@H](C(C)C)C(=O)N(C)[C@H](Cc2ccccc2)C(=O)N[C@@H](Cc2ccc(O)cc2)C(=O)N2C[C@@H](O)C[C@@H]2C(=O)N[C@@H](Cc2c[nH]c3ccccc23)C(=O)N[C@@H](Cc2ccc(O)cc2)C(=O)N[C@H](CC(C)C)C(=O)N[C@H](C(=O)NCC(N)=O)CSCC(=O)N[C@H](Cc2ccc(F)c(F)c2)C(=O)N(C)[C@@H](Cc2ccccc2)C(=O)N1C. The standard InChI is InChI=1S/C97H120F2N16O21S/c1-9-10-25-76-96(135)115-50-64(119)45-79(115)92(131)107-72(46-83(122)123)89(128)110-84(54(4)5)97(136)112(7)77(41-55-19-13-11-14-20-55)90(129)108-74(39-58-28-33-62(117)34-29-58)94(133)114-49-63(118)44-78(114)91(130)106-71(43-60-47-101-68-24-18-17-23-65(60)68)88(127)105-70(38-57-26-31-61(116)32-27-57)87(126)104-69(36-53(2)3)86(125)109-75(85(124)102-48-81(100)120)51-137-52-82(121)103-73(40-59-30-35-66(98)67(99)37-59)93(132)113(8)80(95(134)111(76)6)42-56-21-15-12-16-22-56/h11-24,26-35,37,47,53-54,63-64,69-80,84,101,116-119H,9-10,25,36,38-46,48-52H2,1-8H3,(H2,100,120)(H,102,124)(H,103,121)(H,104,126)(H,105,127)(H,106,130)(H,107,131)(H,108,129)(H,109,125)(H,110,128)(H,122,123)/t63-,64-,69+,70-,71-,72-,73+,74-,75-,76-,77+,78+,79+,80-,84-/m0/s1. The number of carbonyl (C=O) groups is 16. The number of aliphatic carboxylic acids is 1. The third-order valence-electron chi connectivity index (χ3n) is 24.4. The van der Waals surface area contributed by atoms with Gasteiger partial charge in [-0.3, -0.25) is 76.7 Å². The molecule has 40 heteroatoms. The highest BCUT2D eigenvalue weighted by atomic mass is 32.2. The molecule has 3 aliphatic heterocycles. The number of aliphatic hydroxyl groups excluding tert-OH is 2. The van der Waals surface area contributed by atoms with Gasteiger partial charge in [-0.25, -0.2) is 8.78 Å². The van der Waals surface area contributed by atoms with Crippen LogP contribution in [0.15, 0.2) is 158 Å². The van der Waals surface area contributed by atoms with Gasteiger partial charge in [-0.1, -0.05) is 157 Å². The summed E-state index contributed by atoms with van der Waals surface area (Å²) in [5, 5.41) is 78.7. The fourth-order valence-corrected chi connectivity index (χ4v) is 17.8. The molecule has 4 heterocycles. The summed E-state index contributed by atoms with van der Waals surface area (Å²) < 4.78 is 29.9. The zero-order valence-electron chi connectivity index (χ0n) is 77.3. The Bertz CT molecular complexity index is 5490. The van der Waals surface area contributed by atoms with Crippen molar-refractivity contribution in [2.45, 2.75) is 209 Å². The number of likely N-dealkylation sites (N-methyl/N-ethyl adjacent to an activating group) is 3. The van der Waals surface area contributed by atoms with Crippen molar-refractivity contribution in [3.63, 3.8) is 0 Å². The minimum Gasteiger partial charge on any atom is -0.508 e. The van der Waals surface area contributed by atoms with E-state index in [1.165, 1.54) is 83.5 Å². The number of aromatic nitrogens is 1. The van der Waals surface area contributed by atoms with E-state index in [1.807, 2.05) is 0 Å².